The Labute approximate surface area is 118 Å². The van der Waals surface area contributed by atoms with Crippen molar-refractivity contribution in [1.82, 2.24) is 4.31 Å². The van der Waals surface area contributed by atoms with E-state index in [-0.39, 0.29) is 15.2 Å². The molecule has 1 N–H and O–H groups in total. The first-order chi connectivity index (χ1) is 8.93. The van der Waals surface area contributed by atoms with Crippen LogP contribution in [0.25, 0.3) is 0 Å². The molecule has 0 saturated heterocycles. The van der Waals surface area contributed by atoms with Crippen molar-refractivity contribution >= 4 is 16.0 Å². The molecule has 0 spiro atoms. The van der Waals surface area contributed by atoms with Gasteiger partial charge in [-0.15, -0.1) is 0 Å². The van der Waals surface area contributed by atoms with Crippen molar-refractivity contribution in [3.05, 3.63) is 29.8 Å². The summed E-state index contributed by atoms with van der Waals surface area (Å²) in [6.07, 6.45) is 1.48. The second kappa shape index (κ2) is 7.96. The van der Waals surface area contributed by atoms with Crippen LogP contribution < -0.4 is 0 Å². The van der Waals surface area contributed by atoms with E-state index in [9.17, 15) is 13.2 Å². The van der Waals surface area contributed by atoms with Crippen LogP contribution in [-0.4, -0.2) is 36.9 Å². The summed E-state index contributed by atoms with van der Waals surface area (Å²) in [6.45, 7) is 4.78. The quantitative estimate of drug-likeness (QED) is 0.839. The van der Waals surface area contributed by atoms with Crippen molar-refractivity contribution in [3.63, 3.8) is 0 Å². The minimum absolute atomic E-state index is 0. The third-order valence-corrected chi connectivity index (χ3v) is 4.60. The van der Waals surface area contributed by atoms with Crippen molar-refractivity contribution in [2.45, 2.75) is 31.6 Å². The second-order valence-electron chi connectivity index (χ2n) is 4.23. The van der Waals surface area contributed by atoms with Crippen LogP contribution in [0.5, 0.6) is 0 Å². The number of halogens is 1. The number of hydrogen-bond donors (Lipinski definition) is 1. The van der Waals surface area contributed by atoms with E-state index >= 15 is 0 Å². The summed E-state index contributed by atoms with van der Waals surface area (Å²) in [5.41, 5.74) is 0.0801. The van der Waals surface area contributed by atoms with Gasteiger partial charge in [0.25, 0.3) is 0 Å². The van der Waals surface area contributed by atoms with E-state index in [0.29, 0.717) is 13.1 Å². The monoisotopic (exact) mass is 305 g/mol. The fourth-order valence-corrected chi connectivity index (χ4v) is 3.39. The van der Waals surface area contributed by atoms with Gasteiger partial charge in [-0.3, -0.25) is 4.70 Å². The van der Waals surface area contributed by atoms with Crippen LogP contribution in [-0.2, 0) is 10.0 Å². The molecule has 1 rings (SSSR count). The number of hydrogen-bond acceptors (Lipinski definition) is 3. The molecule has 0 radical (unpaired) electrons. The molecule has 1 aromatic carbocycles. The van der Waals surface area contributed by atoms with E-state index in [1.165, 1.54) is 28.6 Å². The van der Waals surface area contributed by atoms with E-state index in [1.807, 2.05) is 13.8 Å². The van der Waals surface area contributed by atoms with Gasteiger partial charge in [-0.2, -0.15) is 4.31 Å². The van der Waals surface area contributed by atoms with Gasteiger partial charge < -0.3 is 5.11 Å². The number of carboxylic acid groups (broad SMARTS) is 1. The van der Waals surface area contributed by atoms with Crippen molar-refractivity contribution in [1.29, 1.82) is 0 Å². The Kier molecular flexibility index (Phi) is 7.38. The van der Waals surface area contributed by atoms with Crippen LogP contribution in [0.15, 0.2) is 29.2 Å². The van der Waals surface area contributed by atoms with E-state index in [4.69, 9.17) is 5.11 Å². The van der Waals surface area contributed by atoms with Crippen LogP contribution in [0.4, 0.5) is 4.70 Å². The molecule has 20 heavy (non-hydrogen) atoms. The Morgan fingerprint density at radius 1 is 1.10 bits per heavy atom. The Balaban J connectivity index is 0.00000361. The largest absolute Gasteiger partial charge is 0.478 e. The molecule has 5 nitrogen and oxygen atoms in total. The van der Waals surface area contributed by atoms with Gasteiger partial charge in [0.1, 0.15) is 0 Å². The molecule has 0 atom stereocenters. The molecule has 0 aliphatic rings. The maximum absolute atomic E-state index is 12.4. The van der Waals surface area contributed by atoms with Crippen molar-refractivity contribution < 1.29 is 23.0 Å². The van der Waals surface area contributed by atoms with Gasteiger partial charge in [-0.05, 0) is 37.1 Å². The van der Waals surface area contributed by atoms with E-state index in [1.54, 1.807) is 0 Å². The highest BCUT2D eigenvalue weighted by atomic mass is 32.2. The predicted octanol–water partition coefficient (Wildman–Crippen LogP) is 2.35. The van der Waals surface area contributed by atoms with Crippen molar-refractivity contribution in [3.8, 4) is 0 Å². The first-order valence-corrected chi connectivity index (χ1v) is 7.71. The van der Waals surface area contributed by atoms with Crippen LogP contribution in [0, 0.1) is 0 Å². The predicted molar refractivity (Wildman–Crippen MR) is 75.2 cm³/mol. The summed E-state index contributed by atoms with van der Waals surface area (Å²) >= 11 is 0. The van der Waals surface area contributed by atoms with E-state index in [2.05, 4.69) is 0 Å². The molecule has 0 unspecified atom stereocenters. The van der Waals surface area contributed by atoms with Gasteiger partial charge in [-0.25, -0.2) is 13.2 Å². The standard InChI is InChI=1S/C13H19NO4S.FH/c1-3-9-14(10-4-2)19(17,18)12-7-5-11(6-8-12)13(15)16;/h5-8H,3-4,9-10H2,1-2H3,(H,15,16);1H. The highest BCUT2D eigenvalue weighted by Gasteiger charge is 2.23. The third kappa shape index (κ3) is 4.28. The number of aromatic carboxylic acids is 1. The smallest absolute Gasteiger partial charge is 0.335 e. The lowest BCUT2D eigenvalue weighted by Gasteiger charge is -2.20. The summed E-state index contributed by atoms with van der Waals surface area (Å²) in [5, 5.41) is 8.80. The van der Waals surface area contributed by atoms with Gasteiger partial charge in [0.15, 0.2) is 0 Å². The number of benzene rings is 1. The molecule has 0 saturated carbocycles. The summed E-state index contributed by atoms with van der Waals surface area (Å²) in [5.74, 6) is -1.07. The van der Waals surface area contributed by atoms with Crippen LogP contribution >= 0.6 is 0 Å². The Morgan fingerprint density at radius 3 is 1.90 bits per heavy atom. The molecular formula is C13H20FNO4S. The highest BCUT2D eigenvalue weighted by molar-refractivity contribution is 7.89. The lowest BCUT2D eigenvalue weighted by molar-refractivity contribution is 0.0696. The lowest BCUT2D eigenvalue weighted by atomic mass is 10.2. The van der Waals surface area contributed by atoms with Crippen LogP contribution in [0.2, 0.25) is 0 Å². The molecular weight excluding hydrogens is 285 g/mol. The zero-order chi connectivity index (χ0) is 14.5. The SMILES string of the molecule is CCCN(CCC)S(=O)(=O)c1ccc(C(=O)O)cc1.F. The maximum Gasteiger partial charge on any atom is 0.335 e. The normalized spacial score (nSPS) is 11.2. The Hall–Kier alpha value is -1.47. The number of rotatable bonds is 7. The molecule has 1 aromatic rings. The molecule has 114 valence electrons. The maximum atomic E-state index is 12.4. The second-order valence-corrected chi connectivity index (χ2v) is 6.17. The van der Waals surface area contributed by atoms with E-state index in [0.717, 1.165) is 12.8 Å². The Bertz CT molecular complexity index is 522. The van der Waals surface area contributed by atoms with Crippen LogP contribution in [0.1, 0.15) is 37.0 Å². The number of sulfonamides is 1. The molecule has 0 fully saturated rings. The van der Waals surface area contributed by atoms with Crippen molar-refractivity contribution in [2.75, 3.05) is 13.1 Å². The average Bonchev–Trinajstić information content (AvgIpc) is 2.38. The fourth-order valence-electron chi connectivity index (χ4n) is 1.77. The first kappa shape index (κ1) is 18.5. The zero-order valence-corrected chi connectivity index (χ0v) is 12.4. The Morgan fingerprint density at radius 2 is 1.55 bits per heavy atom. The molecule has 0 heterocycles. The number of carboxylic acids is 1. The third-order valence-electron chi connectivity index (χ3n) is 2.69. The molecule has 7 heteroatoms. The molecule has 0 aromatic heterocycles. The molecule has 0 bridgehead atoms. The summed E-state index contributed by atoms with van der Waals surface area (Å²) < 4.78 is 26.2. The number of carbonyl (C=O) groups is 1. The van der Waals surface area contributed by atoms with Gasteiger partial charge in [0, 0.05) is 13.1 Å². The fraction of sp³-hybridized carbons (Fsp3) is 0.462. The van der Waals surface area contributed by atoms with Crippen LogP contribution in [0.3, 0.4) is 0 Å². The summed E-state index contributed by atoms with van der Waals surface area (Å²) in [7, 11) is -3.53. The minimum atomic E-state index is -3.53. The summed E-state index contributed by atoms with van der Waals surface area (Å²) in [4.78, 5) is 10.9. The lowest BCUT2D eigenvalue weighted by Crippen LogP contribution is -2.32. The minimum Gasteiger partial charge on any atom is -0.478 e. The molecule has 0 amide bonds. The van der Waals surface area contributed by atoms with E-state index < -0.39 is 16.0 Å². The highest BCUT2D eigenvalue weighted by Crippen LogP contribution is 2.17. The number of nitrogens with zero attached hydrogens (tertiary/aromatic N) is 1. The first-order valence-electron chi connectivity index (χ1n) is 6.27. The zero-order valence-electron chi connectivity index (χ0n) is 11.6. The average molecular weight is 305 g/mol. The summed E-state index contributed by atoms with van der Waals surface area (Å²) in [6, 6.07) is 5.31. The van der Waals surface area contributed by atoms with Gasteiger partial charge in [0.05, 0.1) is 10.5 Å². The van der Waals surface area contributed by atoms with Crippen molar-refractivity contribution in [2.24, 2.45) is 0 Å². The van der Waals surface area contributed by atoms with Gasteiger partial charge in [0.2, 0.25) is 10.0 Å². The topological polar surface area (TPSA) is 74.7 Å². The van der Waals surface area contributed by atoms with Gasteiger partial charge >= 0.3 is 5.97 Å². The molecule has 0 aliphatic heterocycles. The van der Waals surface area contributed by atoms with Gasteiger partial charge in [-0.1, -0.05) is 13.8 Å². The molecule has 0 aliphatic carbocycles.